The van der Waals surface area contributed by atoms with Crippen LogP contribution in [-0.2, 0) is 4.74 Å². The molecule has 0 fully saturated rings. The van der Waals surface area contributed by atoms with E-state index in [1.807, 2.05) is 37.3 Å². The number of rotatable bonds is 6. The molecule has 0 radical (unpaired) electrons. The third-order valence-corrected chi connectivity index (χ3v) is 5.31. The SMILES string of the molecule is CCCOC(=O)Nc1cccc(-c2nnc(Nc3ccc4[nH]ncc4c3Cl)s2)c1. The Morgan fingerprint density at radius 3 is 3.03 bits per heavy atom. The quantitative estimate of drug-likeness (QED) is 0.378. The molecule has 2 heterocycles. The summed E-state index contributed by atoms with van der Waals surface area (Å²) in [6, 6.07) is 11.1. The Morgan fingerprint density at radius 2 is 2.17 bits per heavy atom. The lowest BCUT2D eigenvalue weighted by Crippen LogP contribution is -2.13. The number of H-pyrrole nitrogens is 1. The van der Waals surface area contributed by atoms with E-state index in [1.54, 1.807) is 12.3 Å². The van der Waals surface area contributed by atoms with Crippen molar-refractivity contribution in [2.75, 3.05) is 17.2 Å². The fourth-order valence-corrected chi connectivity index (χ4v) is 3.68. The number of anilines is 3. The minimum absolute atomic E-state index is 0.379. The minimum atomic E-state index is -0.479. The molecule has 0 saturated carbocycles. The highest BCUT2D eigenvalue weighted by molar-refractivity contribution is 7.18. The highest BCUT2D eigenvalue weighted by Crippen LogP contribution is 2.34. The molecule has 2 aromatic heterocycles. The Balaban J connectivity index is 1.50. The van der Waals surface area contributed by atoms with E-state index in [-0.39, 0.29) is 0 Å². The first-order chi connectivity index (χ1) is 14.1. The van der Waals surface area contributed by atoms with Crippen molar-refractivity contribution in [3.05, 3.63) is 47.6 Å². The topological polar surface area (TPSA) is 105 Å². The molecule has 0 atom stereocenters. The van der Waals surface area contributed by atoms with Crippen LogP contribution >= 0.6 is 22.9 Å². The van der Waals surface area contributed by atoms with E-state index in [9.17, 15) is 4.79 Å². The number of carbonyl (C=O) groups excluding carboxylic acids is 1. The van der Waals surface area contributed by atoms with Gasteiger partial charge in [0.15, 0.2) is 0 Å². The first kappa shape index (κ1) is 19.2. The van der Waals surface area contributed by atoms with Crippen LogP contribution in [-0.4, -0.2) is 33.1 Å². The van der Waals surface area contributed by atoms with Gasteiger partial charge in [0, 0.05) is 16.6 Å². The van der Waals surface area contributed by atoms with E-state index in [0.717, 1.165) is 28.6 Å². The van der Waals surface area contributed by atoms with Crippen molar-refractivity contribution in [1.29, 1.82) is 0 Å². The van der Waals surface area contributed by atoms with Crippen molar-refractivity contribution >= 4 is 56.4 Å². The van der Waals surface area contributed by atoms with Crippen LogP contribution < -0.4 is 10.6 Å². The average Bonchev–Trinajstić information content (AvgIpc) is 3.39. The van der Waals surface area contributed by atoms with Crippen molar-refractivity contribution in [1.82, 2.24) is 20.4 Å². The summed E-state index contributed by atoms with van der Waals surface area (Å²) in [4.78, 5) is 11.7. The van der Waals surface area contributed by atoms with Gasteiger partial charge >= 0.3 is 6.09 Å². The summed E-state index contributed by atoms with van der Waals surface area (Å²) in [5.74, 6) is 0. The van der Waals surface area contributed by atoms with E-state index in [2.05, 4.69) is 31.0 Å². The van der Waals surface area contributed by atoms with Gasteiger partial charge in [0.1, 0.15) is 5.01 Å². The van der Waals surface area contributed by atoms with Gasteiger partial charge in [0.25, 0.3) is 0 Å². The van der Waals surface area contributed by atoms with Crippen molar-refractivity contribution < 1.29 is 9.53 Å². The van der Waals surface area contributed by atoms with Crippen LogP contribution in [0.2, 0.25) is 5.02 Å². The van der Waals surface area contributed by atoms with Gasteiger partial charge in [-0.1, -0.05) is 42.0 Å². The third kappa shape index (κ3) is 4.30. The van der Waals surface area contributed by atoms with Gasteiger partial charge in [-0.05, 0) is 30.7 Å². The van der Waals surface area contributed by atoms with E-state index in [0.29, 0.717) is 27.5 Å². The number of hydrogen-bond donors (Lipinski definition) is 3. The molecular weight excluding hydrogens is 412 g/mol. The maximum Gasteiger partial charge on any atom is 0.411 e. The van der Waals surface area contributed by atoms with Crippen LogP contribution in [0.15, 0.2) is 42.6 Å². The molecule has 0 aliphatic rings. The van der Waals surface area contributed by atoms with Gasteiger partial charge in [0.2, 0.25) is 5.13 Å². The zero-order chi connectivity index (χ0) is 20.2. The molecule has 4 rings (SSSR count). The molecule has 3 N–H and O–H groups in total. The predicted octanol–water partition coefficient (Wildman–Crippen LogP) is 5.44. The molecule has 8 nitrogen and oxygen atoms in total. The Hall–Kier alpha value is -3.17. The second-order valence-corrected chi connectivity index (χ2v) is 7.49. The Labute approximate surface area is 175 Å². The first-order valence-corrected chi connectivity index (χ1v) is 10.1. The molecule has 0 bridgehead atoms. The molecule has 0 spiro atoms. The fourth-order valence-electron chi connectivity index (χ4n) is 2.66. The van der Waals surface area contributed by atoms with E-state index in [4.69, 9.17) is 16.3 Å². The third-order valence-electron chi connectivity index (χ3n) is 4.02. The largest absolute Gasteiger partial charge is 0.449 e. The van der Waals surface area contributed by atoms with Gasteiger partial charge in [-0.2, -0.15) is 5.10 Å². The van der Waals surface area contributed by atoms with Crippen LogP contribution in [0.5, 0.6) is 0 Å². The van der Waals surface area contributed by atoms with Gasteiger partial charge < -0.3 is 10.1 Å². The van der Waals surface area contributed by atoms with Crippen LogP contribution in [0.3, 0.4) is 0 Å². The number of aromatic amines is 1. The van der Waals surface area contributed by atoms with E-state index < -0.39 is 6.09 Å². The first-order valence-electron chi connectivity index (χ1n) is 8.90. The molecule has 148 valence electrons. The summed E-state index contributed by atoms with van der Waals surface area (Å²) >= 11 is 7.82. The summed E-state index contributed by atoms with van der Waals surface area (Å²) in [5, 5.41) is 23.9. The lowest BCUT2D eigenvalue weighted by atomic mass is 10.2. The normalized spacial score (nSPS) is 10.8. The van der Waals surface area contributed by atoms with Gasteiger partial charge in [-0.3, -0.25) is 10.4 Å². The van der Waals surface area contributed by atoms with E-state index >= 15 is 0 Å². The smallest absolute Gasteiger partial charge is 0.411 e. The standard InChI is InChI=1S/C19H17ClN6O2S/c1-2-8-28-19(27)22-12-5-3-4-11(9-12)17-25-26-18(29-17)23-15-7-6-14-13(16(15)20)10-21-24-14/h3-7,9-10H,2,8H2,1H3,(H,21,24)(H,22,27)(H,23,26). The second-order valence-electron chi connectivity index (χ2n) is 6.14. The van der Waals surface area contributed by atoms with Gasteiger partial charge in [-0.25, -0.2) is 4.79 Å². The van der Waals surface area contributed by atoms with E-state index in [1.165, 1.54) is 11.3 Å². The van der Waals surface area contributed by atoms with Crippen molar-refractivity contribution in [3.8, 4) is 10.6 Å². The minimum Gasteiger partial charge on any atom is -0.449 e. The second kappa shape index (κ2) is 8.46. The van der Waals surface area contributed by atoms with Crippen LogP contribution in [0.4, 0.5) is 21.3 Å². The maximum atomic E-state index is 11.7. The Morgan fingerprint density at radius 1 is 1.28 bits per heavy atom. The molecule has 4 aromatic rings. The van der Waals surface area contributed by atoms with Gasteiger partial charge in [-0.15, -0.1) is 10.2 Å². The number of benzene rings is 2. The monoisotopic (exact) mass is 428 g/mol. The number of ether oxygens (including phenoxy) is 1. The number of hydrogen-bond acceptors (Lipinski definition) is 7. The molecule has 2 aromatic carbocycles. The highest BCUT2D eigenvalue weighted by atomic mass is 35.5. The van der Waals surface area contributed by atoms with Gasteiger partial charge in [0.05, 0.1) is 29.0 Å². The lowest BCUT2D eigenvalue weighted by molar-refractivity contribution is 0.161. The summed E-state index contributed by atoms with van der Waals surface area (Å²) in [6.07, 6.45) is 1.97. The predicted molar refractivity (Wildman–Crippen MR) is 115 cm³/mol. The number of nitrogens with one attached hydrogen (secondary N) is 3. The zero-order valence-electron chi connectivity index (χ0n) is 15.4. The Kier molecular flexibility index (Phi) is 5.59. The van der Waals surface area contributed by atoms with Crippen molar-refractivity contribution in [2.45, 2.75) is 13.3 Å². The molecule has 1 amide bonds. The summed E-state index contributed by atoms with van der Waals surface area (Å²) in [6.45, 7) is 2.32. The van der Waals surface area contributed by atoms with Crippen LogP contribution in [0.1, 0.15) is 13.3 Å². The number of nitrogens with zero attached hydrogens (tertiary/aromatic N) is 3. The fraction of sp³-hybridized carbons (Fsp3) is 0.158. The summed E-state index contributed by atoms with van der Waals surface area (Å²) in [5.41, 5.74) is 3.04. The highest BCUT2D eigenvalue weighted by Gasteiger charge is 2.12. The average molecular weight is 429 g/mol. The summed E-state index contributed by atoms with van der Waals surface area (Å²) in [7, 11) is 0. The molecule has 29 heavy (non-hydrogen) atoms. The number of halogens is 1. The van der Waals surface area contributed by atoms with Crippen LogP contribution in [0, 0.1) is 0 Å². The lowest BCUT2D eigenvalue weighted by Gasteiger charge is -2.06. The molecule has 0 unspecified atom stereocenters. The molecule has 10 heteroatoms. The zero-order valence-corrected chi connectivity index (χ0v) is 17.0. The molecule has 0 saturated heterocycles. The molecule has 0 aliphatic carbocycles. The molecular formula is C19H17ClN6O2S. The van der Waals surface area contributed by atoms with Crippen molar-refractivity contribution in [3.63, 3.8) is 0 Å². The van der Waals surface area contributed by atoms with Crippen molar-refractivity contribution in [2.24, 2.45) is 0 Å². The number of carbonyl (C=O) groups is 1. The number of fused-ring (bicyclic) bond motifs is 1. The Bertz CT molecular complexity index is 1160. The van der Waals surface area contributed by atoms with Crippen LogP contribution in [0.25, 0.3) is 21.5 Å². The number of amides is 1. The summed E-state index contributed by atoms with van der Waals surface area (Å²) < 4.78 is 5.04. The number of aromatic nitrogens is 4. The maximum absolute atomic E-state index is 11.7. The molecule has 0 aliphatic heterocycles.